The number of thiazole rings is 1. The summed E-state index contributed by atoms with van der Waals surface area (Å²) in [5, 5.41) is 1.05. The van der Waals surface area contributed by atoms with Gasteiger partial charge in [-0.05, 0) is 56.1 Å². The largest absolute Gasteiger partial charge is 0.462 e. The van der Waals surface area contributed by atoms with Crippen molar-refractivity contribution in [1.82, 2.24) is 9.88 Å². The van der Waals surface area contributed by atoms with Crippen molar-refractivity contribution in [2.24, 2.45) is 29.6 Å². The molecule has 2 aliphatic carbocycles. The first-order valence-corrected chi connectivity index (χ1v) is 13.5. The highest BCUT2D eigenvalue weighted by Crippen LogP contribution is 2.68. The summed E-state index contributed by atoms with van der Waals surface area (Å²) >= 11 is 2.94. The maximum absolute atomic E-state index is 13.5. The first-order valence-electron chi connectivity index (χ1n) is 11.8. The van der Waals surface area contributed by atoms with E-state index in [1.54, 1.807) is 25.6 Å². The average molecular weight is 499 g/mol. The Labute approximate surface area is 205 Å². The minimum atomic E-state index is -0.548. The van der Waals surface area contributed by atoms with E-state index >= 15 is 0 Å². The van der Waals surface area contributed by atoms with Gasteiger partial charge in [-0.15, -0.1) is 11.8 Å². The van der Waals surface area contributed by atoms with E-state index in [-0.39, 0.29) is 64.2 Å². The van der Waals surface area contributed by atoms with Crippen molar-refractivity contribution in [3.05, 3.63) is 49.9 Å². The summed E-state index contributed by atoms with van der Waals surface area (Å²) < 4.78 is 5.20. The van der Waals surface area contributed by atoms with Crippen molar-refractivity contribution in [3.8, 4) is 0 Å². The zero-order chi connectivity index (χ0) is 23.9. The lowest BCUT2D eigenvalue weighted by atomic mass is 9.67. The van der Waals surface area contributed by atoms with Gasteiger partial charge in [-0.2, -0.15) is 0 Å². The molecule has 1 aromatic heterocycles. The molecule has 0 spiro atoms. The normalized spacial score (nSPS) is 33.3. The maximum Gasteiger partial charge on any atom is 0.326 e. The molecule has 7 unspecified atom stereocenters. The number of nitrogens with zero attached hydrogens (tertiary/aromatic N) is 1. The molecule has 2 amide bonds. The molecule has 4 aliphatic rings. The number of hydrogen-bond acceptors (Lipinski definition) is 7. The number of ether oxygens (including phenoxy) is 1. The fourth-order valence-electron chi connectivity index (χ4n) is 6.95. The molecule has 2 aromatic rings. The molecule has 2 aliphatic heterocycles. The summed E-state index contributed by atoms with van der Waals surface area (Å²) in [5.41, 5.74) is 2.35. The summed E-state index contributed by atoms with van der Waals surface area (Å²) in [5.74, 6) is -1.52. The van der Waals surface area contributed by atoms with Gasteiger partial charge in [0, 0.05) is 16.0 Å². The third-order valence-corrected chi connectivity index (χ3v) is 10.6. The highest BCUT2D eigenvalue weighted by atomic mass is 32.2. The molecular formula is C25H26N2O5S2. The van der Waals surface area contributed by atoms with Gasteiger partial charge in [0.25, 0.3) is 0 Å². The van der Waals surface area contributed by atoms with Gasteiger partial charge in [0.05, 0.1) is 23.0 Å². The van der Waals surface area contributed by atoms with Crippen LogP contribution in [0.4, 0.5) is 0 Å². The Morgan fingerprint density at radius 1 is 1.15 bits per heavy atom. The number of carbonyl (C=O) groups is 3. The van der Waals surface area contributed by atoms with E-state index in [2.05, 4.69) is 24.0 Å². The van der Waals surface area contributed by atoms with Gasteiger partial charge in [-0.3, -0.25) is 24.1 Å². The number of esters is 1. The zero-order valence-electron chi connectivity index (χ0n) is 19.1. The Hall–Kier alpha value is -2.39. The van der Waals surface area contributed by atoms with E-state index in [1.165, 1.54) is 16.9 Å². The molecular weight excluding hydrogens is 472 g/mol. The number of aryl methyl sites for hydroxylation is 1. The molecule has 7 atom stereocenters. The van der Waals surface area contributed by atoms with Gasteiger partial charge in [-0.25, -0.2) is 0 Å². The summed E-state index contributed by atoms with van der Waals surface area (Å²) in [4.78, 5) is 56.6. The second kappa shape index (κ2) is 7.81. The van der Waals surface area contributed by atoms with Crippen LogP contribution in [-0.4, -0.2) is 45.6 Å². The van der Waals surface area contributed by atoms with Crippen LogP contribution < -0.4 is 4.87 Å². The summed E-state index contributed by atoms with van der Waals surface area (Å²) in [6, 6.07) is 8.25. The minimum Gasteiger partial charge on any atom is -0.462 e. The number of imide groups is 1. The number of amides is 2. The molecule has 178 valence electrons. The van der Waals surface area contributed by atoms with Crippen molar-refractivity contribution < 1.29 is 19.1 Å². The van der Waals surface area contributed by atoms with E-state index in [0.29, 0.717) is 0 Å². The monoisotopic (exact) mass is 498 g/mol. The van der Waals surface area contributed by atoms with Crippen molar-refractivity contribution in [1.29, 1.82) is 0 Å². The minimum absolute atomic E-state index is 0.0187. The molecule has 3 fully saturated rings. The van der Waals surface area contributed by atoms with Gasteiger partial charge < -0.3 is 9.72 Å². The fraction of sp³-hybridized carbons (Fsp3) is 0.520. The Morgan fingerprint density at radius 3 is 2.56 bits per heavy atom. The maximum atomic E-state index is 13.5. The van der Waals surface area contributed by atoms with E-state index in [9.17, 15) is 19.2 Å². The third kappa shape index (κ3) is 3.09. The number of carbonyl (C=O) groups excluding carboxylic acids is 3. The number of H-pyrrole nitrogens is 1. The van der Waals surface area contributed by atoms with Gasteiger partial charge in [-0.1, -0.05) is 35.6 Å². The Morgan fingerprint density at radius 2 is 1.85 bits per heavy atom. The summed E-state index contributed by atoms with van der Waals surface area (Å²) in [6.45, 7) is 5.27. The van der Waals surface area contributed by atoms with E-state index in [1.807, 2.05) is 12.1 Å². The van der Waals surface area contributed by atoms with Crippen molar-refractivity contribution in [3.63, 3.8) is 0 Å². The lowest BCUT2D eigenvalue weighted by Gasteiger charge is -2.43. The number of likely N-dealkylation sites (tertiary alicyclic amines) is 1. The number of aromatic nitrogens is 1. The smallest absolute Gasteiger partial charge is 0.326 e. The van der Waals surface area contributed by atoms with Crippen LogP contribution in [0.3, 0.4) is 0 Å². The van der Waals surface area contributed by atoms with Crippen molar-refractivity contribution in [2.45, 2.75) is 49.5 Å². The lowest BCUT2D eigenvalue weighted by Crippen LogP contribution is -2.42. The highest BCUT2D eigenvalue weighted by Gasteiger charge is 2.69. The summed E-state index contributed by atoms with van der Waals surface area (Å²) in [7, 11) is 0. The number of thioether (sulfide) groups is 1. The molecule has 34 heavy (non-hydrogen) atoms. The predicted octanol–water partition coefficient (Wildman–Crippen LogP) is 3.17. The van der Waals surface area contributed by atoms with Crippen LogP contribution >= 0.6 is 23.1 Å². The number of rotatable bonds is 4. The fourth-order valence-corrected chi connectivity index (χ4v) is 9.83. The number of aromatic amines is 1. The van der Waals surface area contributed by atoms with Crippen molar-refractivity contribution >= 4 is 40.9 Å². The Kier molecular flexibility index (Phi) is 5.08. The summed E-state index contributed by atoms with van der Waals surface area (Å²) in [6.07, 6.45) is 0.535. The lowest BCUT2D eigenvalue weighted by molar-refractivity contribution is -0.155. The third-order valence-electron chi connectivity index (χ3n) is 7.99. The van der Waals surface area contributed by atoms with Gasteiger partial charge in [0.15, 0.2) is 0 Å². The first kappa shape index (κ1) is 22.1. The standard InChI is InChI=1S/C25H26N2O5S2/c1-10(2)32-15(28)9-27-23(29)18-13-8-14(19(18)24(27)30)20-17(13)16(12-7-5-4-6-11(12)3)21-22(33-20)26-25(31)34-21/h4-7,10,13-14,16-20H,8-9H2,1-3H3,(H,26,31). The van der Waals surface area contributed by atoms with E-state index in [0.717, 1.165) is 26.8 Å². The van der Waals surface area contributed by atoms with Gasteiger partial charge in [0.2, 0.25) is 11.8 Å². The number of nitrogens with one attached hydrogen (secondary N) is 1. The van der Waals surface area contributed by atoms with Crippen molar-refractivity contribution in [2.75, 3.05) is 6.54 Å². The number of benzene rings is 1. The Bertz CT molecular complexity index is 1270. The molecule has 6 rings (SSSR count). The molecule has 0 radical (unpaired) electrons. The number of fused-ring (bicyclic) bond motifs is 9. The topological polar surface area (TPSA) is 96.5 Å². The van der Waals surface area contributed by atoms with Crippen LogP contribution in [0.25, 0.3) is 0 Å². The average Bonchev–Trinajstić information content (AvgIpc) is 3.49. The van der Waals surface area contributed by atoms with E-state index < -0.39 is 11.9 Å². The van der Waals surface area contributed by atoms with Gasteiger partial charge in [0.1, 0.15) is 6.54 Å². The second-order valence-electron chi connectivity index (χ2n) is 10.1. The van der Waals surface area contributed by atoms with Crippen LogP contribution in [-0.2, 0) is 19.1 Å². The molecule has 1 aromatic carbocycles. The van der Waals surface area contributed by atoms with Gasteiger partial charge >= 0.3 is 10.8 Å². The molecule has 9 heteroatoms. The number of hydrogen-bond donors (Lipinski definition) is 1. The molecule has 1 saturated heterocycles. The predicted molar refractivity (Wildman–Crippen MR) is 128 cm³/mol. The first-order chi connectivity index (χ1) is 16.3. The second-order valence-corrected chi connectivity index (χ2v) is 12.3. The molecule has 2 bridgehead atoms. The zero-order valence-corrected chi connectivity index (χ0v) is 20.8. The SMILES string of the molecule is Cc1ccccc1C1c2sc(=O)[nH]c2SC2C3CC(C4C(=O)N(CC(=O)OC(C)C)C(=O)C34)C12. The highest BCUT2D eigenvalue weighted by molar-refractivity contribution is 8.00. The molecule has 3 heterocycles. The molecule has 2 saturated carbocycles. The van der Waals surface area contributed by atoms with Crippen LogP contribution in [0.5, 0.6) is 0 Å². The Balaban J connectivity index is 1.39. The van der Waals surface area contributed by atoms with Crippen LogP contribution in [0.1, 0.15) is 42.2 Å². The van der Waals surface area contributed by atoms with Crippen LogP contribution in [0.2, 0.25) is 0 Å². The molecule has 7 nitrogen and oxygen atoms in total. The van der Waals surface area contributed by atoms with Crippen LogP contribution in [0, 0.1) is 36.5 Å². The quantitative estimate of drug-likeness (QED) is 0.514. The van der Waals surface area contributed by atoms with Crippen LogP contribution in [0.15, 0.2) is 34.1 Å². The molecule has 1 N–H and O–H groups in total. The van der Waals surface area contributed by atoms with E-state index in [4.69, 9.17) is 4.74 Å².